The third-order valence-corrected chi connectivity index (χ3v) is 2.26. The molecular formula is C11H11F2N3O. The highest BCUT2D eigenvalue weighted by Crippen LogP contribution is 2.21. The minimum atomic E-state index is -0.970. The number of nitrogens with one attached hydrogen (secondary N) is 1. The van der Waals surface area contributed by atoms with E-state index in [0.717, 1.165) is 12.1 Å². The molecule has 1 aromatic carbocycles. The molecule has 1 heterocycles. The molecule has 4 nitrogen and oxygen atoms in total. The summed E-state index contributed by atoms with van der Waals surface area (Å²) in [6.07, 6.45) is 1.75. The summed E-state index contributed by atoms with van der Waals surface area (Å²) in [5, 5.41) is 15.9. The van der Waals surface area contributed by atoms with Crippen LogP contribution in [0.15, 0.2) is 24.4 Å². The summed E-state index contributed by atoms with van der Waals surface area (Å²) in [6, 6.07) is 3.90. The number of benzene rings is 1. The van der Waals surface area contributed by atoms with Gasteiger partial charge in [0.15, 0.2) is 17.4 Å². The molecule has 0 fully saturated rings. The maximum absolute atomic E-state index is 13.0. The summed E-state index contributed by atoms with van der Waals surface area (Å²) in [5.41, 5.74) is 0.392. The van der Waals surface area contributed by atoms with Gasteiger partial charge in [0.2, 0.25) is 0 Å². The highest BCUT2D eigenvalue weighted by molar-refractivity contribution is 5.36. The molecule has 0 unspecified atom stereocenters. The van der Waals surface area contributed by atoms with Gasteiger partial charge >= 0.3 is 0 Å². The number of phenolic OH excluding ortho intramolecular Hbond substituents is 1. The van der Waals surface area contributed by atoms with Crippen molar-refractivity contribution in [3.05, 3.63) is 41.6 Å². The molecule has 0 radical (unpaired) electrons. The molecule has 17 heavy (non-hydrogen) atoms. The number of halogens is 2. The van der Waals surface area contributed by atoms with Crippen LogP contribution in [0.25, 0.3) is 0 Å². The maximum Gasteiger partial charge on any atom is 0.187 e. The second-order valence-electron chi connectivity index (χ2n) is 3.64. The molecule has 0 bridgehead atoms. The van der Waals surface area contributed by atoms with Crippen LogP contribution in [0, 0.1) is 11.6 Å². The van der Waals surface area contributed by atoms with Crippen LogP contribution < -0.4 is 5.32 Å². The monoisotopic (exact) mass is 239 g/mol. The fraction of sp³-hybridized carbons (Fsp3) is 0.182. The minimum Gasteiger partial charge on any atom is -0.503 e. The van der Waals surface area contributed by atoms with Crippen molar-refractivity contribution in [2.75, 3.05) is 5.32 Å². The summed E-state index contributed by atoms with van der Waals surface area (Å²) in [6.45, 7) is 0.227. The summed E-state index contributed by atoms with van der Waals surface area (Å²) in [5.74, 6) is -2.28. The van der Waals surface area contributed by atoms with Crippen LogP contribution in [0.5, 0.6) is 5.75 Å². The Labute approximate surface area is 96.5 Å². The smallest absolute Gasteiger partial charge is 0.187 e. The zero-order chi connectivity index (χ0) is 12.4. The van der Waals surface area contributed by atoms with Crippen molar-refractivity contribution in [2.24, 2.45) is 7.05 Å². The van der Waals surface area contributed by atoms with Crippen molar-refractivity contribution in [3.63, 3.8) is 0 Å². The molecule has 0 atom stereocenters. The zero-order valence-corrected chi connectivity index (χ0v) is 9.11. The normalized spacial score (nSPS) is 10.5. The van der Waals surface area contributed by atoms with Gasteiger partial charge in [-0.2, -0.15) is 5.10 Å². The lowest BCUT2D eigenvalue weighted by molar-refractivity contribution is 0.395. The maximum atomic E-state index is 13.0. The Kier molecular flexibility index (Phi) is 2.95. The van der Waals surface area contributed by atoms with E-state index in [1.54, 1.807) is 24.0 Å². The number of hydrogen-bond acceptors (Lipinski definition) is 3. The molecule has 1 aromatic heterocycles. The number of rotatable bonds is 3. The van der Waals surface area contributed by atoms with Gasteiger partial charge in [-0.1, -0.05) is 0 Å². The number of aromatic hydroxyl groups is 1. The van der Waals surface area contributed by atoms with Crippen LogP contribution in [-0.2, 0) is 13.6 Å². The number of nitrogens with zero attached hydrogens (tertiary/aromatic N) is 2. The number of hydrogen-bond donors (Lipinski definition) is 2. The van der Waals surface area contributed by atoms with Crippen molar-refractivity contribution < 1.29 is 13.9 Å². The van der Waals surface area contributed by atoms with Crippen molar-refractivity contribution in [1.29, 1.82) is 0 Å². The number of aryl methyl sites for hydroxylation is 1. The lowest BCUT2D eigenvalue weighted by atomic mass is 10.2. The Morgan fingerprint density at radius 2 is 2.00 bits per heavy atom. The molecule has 0 aliphatic carbocycles. The molecular weight excluding hydrogens is 228 g/mol. The van der Waals surface area contributed by atoms with Crippen molar-refractivity contribution >= 4 is 5.82 Å². The Bertz CT molecular complexity index is 516. The fourth-order valence-corrected chi connectivity index (χ4v) is 1.42. The summed E-state index contributed by atoms with van der Waals surface area (Å²) >= 11 is 0. The lowest BCUT2D eigenvalue weighted by Gasteiger charge is -2.05. The number of phenols is 1. The predicted molar refractivity (Wildman–Crippen MR) is 58.6 cm³/mol. The molecule has 0 saturated carbocycles. The van der Waals surface area contributed by atoms with Gasteiger partial charge in [-0.25, -0.2) is 8.78 Å². The van der Waals surface area contributed by atoms with Crippen LogP contribution in [0.4, 0.5) is 14.6 Å². The lowest BCUT2D eigenvalue weighted by Crippen LogP contribution is -2.02. The second-order valence-corrected chi connectivity index (χ2v) is 3.64. The van der Waals surface area contributed by atoms with Crippen LogP contribution in [0.2, 0.25) is 0 Å². The van der Waals surface area contributed by atoms with Crippen LogP contribution in [-0.4, -0.2) is 14.9 Å². The van der Waals surface area contributed by atoms with Gasteiger partial charge in [0.25, 0.3) is 0 Å². The topological polar surface area (TPSA) is 50.1 Å². The first-order valence-electron chi connectivity index (χ1n) is 4.96. The average molecular weight is 239 g/mol. The van der Waals surface area contributed by atoms with Gasteiger partial charge in [-0.15, -0.1) is 0 Å². The van der Waals surface area contributed by atoms with E-state index in [1.165, 1.54) is 0 Å². The first kappa shape index (κ1) is 11.4. The first-order chi connectivity index (χ1) is 8.06. The van der Waals surface area contributed by atoms with E-state index in [0.29, 0.717) is 11.4 Å². The van der Waals surface area contributed by atoms with Crippen LogP contribution in [0.1, 0.15) is 5.56 Å². The molecule has 90 valence electrons. The number of anilines is 1. The van der Waals surface area contributed by atoms with Gasteiger partial charge in [0.05, 0.1) is 0 Å². The van der Waals surface area contributed by atoms with Gasteiger partial charge in [-0.05, 0) is 17.7 Å². The van der Waals surface area contributed by atoms with Gasteiger partial charge in [-0.3, -0.25) is 4.68 Å². The standard InChI is InChI=1S/C11H11F2N3O/c1-16-3-2-10(15-16)14-6-7-4-8(12)11(17)9(13)5-7/h2-5,17H,6H2,1H3,(H,14,15). The molecule has 0 aliphatic heterocycles. The van der Waals surface area contributed by atoms with E-state index < -0.39 is 17.4 Å². The van der Waals surface area contributed by atoms with Crippen LogP contribution >= 0.6 is 0 Å². The van der Waals surface area contributed by atoms with Gasteiger partial charge in [0, 0.05) is 25.9 Å². The minimum absolute atomic E-state index is 0.227. The molecule has 0 amide bonds. The molecule has 2 N–H and O–H groups in total. The largest absolute Gasteiger partial charge is 0.503 e. The quantitative estimate of drug-likeness (QED) is 0.861. The molecule has 6 heteroatoms. The Balaban J connectivity index is 2.09. The summed E-state index contributed by atoms with van der Waals surface area (Å²) in [4.78, 5) is 0. The summed E-state index contributed by atoms with van der Waals surface area (Å²) in [7, 11) is 1.77. The van der Waals surface area contributed by atoms with E-state index in [4.69, 9.17) is 5.11 Å². The van der Waals surface area contributed by atoms with E-state index in [-0.39, 0.29) is 6.54 Å². The van der Waals surface area contributed by atoms with Gasteiger partial charge in [0.1, 0.15) is 5.82 Å². The van der Waals surface area contributed by atoms with E-state index >= 15 is 0 Å². The highest BCUT2D eigenvalue weighted by atomic mass is 19.1. The van der Waals surface area contributed by atoms with Crippen molar-refractivity contribution in [2.45, 2.75) is 6.54 Å². The molecule has 0 aliphatic rings. The van der Waals surface area contributed by atoms with E-state index in [9.17, 15) is 8.78 Å². The summed E-state index contributed by atoms with van der Waals surface area (Å²) < 4.78 is 27.7. The highest BCUT2D eigenvalue weighted by Gasteiger charge is 2.09. The van der Waals surface area contributed by atoms with E-state index in [2.05, 4.69) is 10.4 Å². The molecule has 0 spiro atoms. The van der Waals surface area contributed by atoms with Crippen molar-refractivity contribution in [1.82, 2.24) is 9.78 Å². The van der Waals surface area contributed by atoms with Gasteiger partial charge < -0.3 is 10.4 Å². The Hall–Kier alpha value is -2.11. The molecule has 2 aromatic rings. The first-order valence-corrected chi connectivity index (χ1v) is 4.96. The third kappa shape index (κ3) is 2.52. The fourth-order valence-electron chi connectivity index (χ4n) is 1.42. The predicted octanol–water partition coefficient (Wildman–Crippen LogP) is 2.02. The Morgan fingerprint density at radius 3 is 2.53 bits per heavy atom. The van der Waals surface area contributed by atoms with Crippen molar-refractivity contribution in [3.8, 4) is 5.75 Å². The third-order valence-electron chi connectivity index (χ3n) is 2.26. The SMILES string of the molecule is Cn1ccc(NCc2cc(F)c(O)c(F)c2)n1. The Morgan fingerprint density at radius 1 is 1.35 bits per heavy atom. The molecule has 0 saturated heterocycles. The number of aromatic nitrogens is 2. The second kappa shape index (κ2) is 4.40. The average Bonchev–Trinajstić information content (AvgIpc) is 2.69. The van der Waals surface area contributed by atoms with Crippen LogP contribution in [0.3, 0.4) is 0 Å². The van der Waals surface area contributed by atoms with E-state index in [1.807, 2.05) is 0 Å². The molecule has 2 rings (SSSR count). The zero-order valence-electron chi connectivity index (χ0n) is 9.11.